The molecule has 3 aromatic carbocycles. The number of benzene rings is 3. The molecule has 0 amide bonds. The first-order valence-electron chi connectivity index (χ1n) is 9.59. The molecule has 0 aliphatic rings. The summed E-state index contributed by atoms with van der Waals surface area (Å²) in [4.78, 5) is 3.19. The number of fused-ring (bicyclic) bond motifs is 1. The van der Waals surface area contributed by atoms with Crippen LogP contribution in [0.25, 0.3) is 10.9 Å². The van der Waals surface area contributed by atoms with Gasteiger partial charge in [0, 0.05) is 17.1 Å². The molecule has 12 heteroatoms. The highest BCUT2D eigenvalue weighted by Crippen LogP contribution is 2.39. The fourth-order valence-electron chi connectivity index (χ4n) is 3.36. The van der Waals surface area contributed by atoms with Crippen molar-refractivity contribution in [2.24, 2.45) is 0 Å². The maximum Gasteiger partial charge on any atom is 0.269 e. The molecule has 1 heterocycles. The van der Waals surface area contributed by atoms with Crippen molar-refractivity contribution in [3.05, 3.63) is 75.3 Å². The van der Waals surface area contributed by atoms with E-state index in [0.29, 0.717) is 42.7 Å². The smallest absolute Gasteiger partial charge is 0.269 e. The van der Waals surface area contributed by atoms with Crippen molar-refractivity contribution in [3.63, 3.8) is 0 Å². The van der Waals surface area contributed by atoms with Gasteiger partial charge in [-0.15, -0.1) is 0 Å². The van der Waals surface area contributed by atoms with Gasteiger partial charge in [-0.1, -0.05) is 0 Å². The number of hydrogen-bond acceptors (Lipinski definition) is 6. The molecule has 0 saturated carbocycles. The zero-order chi connectivity index (χ0) is 24.7. The molecule has 8 nitrogen and oxygen atoms in total. The Kier molecular flexibility index (Phi) is 6.80. The average molecular weight is 631 g/mol. The number of H-pyrrole nitrogens is 1. The Morgan fingerprint density at radius 3 is 2.12 bits per heavy atom. The summed E-state index contributed by atoms with van der Waals surface area (Å²) in [5.41, 5.74) is 0.962. The average Bonchev–Trinajstić information content (AvgIpc) is 3.19. The molecule has 0 atom stereocenters. The summed E-state index contributed by atoms with van der Waals surface area (Å²) >= 11 is 6.70. The molecule has 0 spiro atoms. The molecule has 0 bridgehead atoms. The lowest BCUT2D eigenvalue weighted by Gasteiger charge is -2.12. The molecule has 4 aromatic rings. The van der Waals surface area contributed by atoms with Gasteiger partial charge >= 0.3 is 0 Å². The van der Waals surface area contributed by atoms with E-state index in [1.807, 2.05) is 0 Å². The Labute approximate surface area is 212 Å². The first-order valence-corrected chi connectivity index (χ1v) is 14.3. The van der Waals surface area contributed by atoms with Crippen LogP contribution in [0.15, 0.2) is 79.5 Å². The van der Waals surface area contributed by atoms with Gasteiger partial charge < -0.3 is 14.5 Å². The number of methoxy groups -OCH3 is 1. The van der Waals surface area contributed by atoms with E-state index < -0.39 is 25.7 Å². The van der Waals surface area contributed by atoms with E-state index in [0.717, 1.165) is 0 Å². The SMILES string of the molecule is COc1ccc(S(=O)(=O)c2c[nH]c3ccc(Oc4c(Br)cc(CS(=O)(=O)O)cc4Br)cc23)cc1. The number of aromatic amines is 1. The van der Waals surface area contributed by atoms with Crippen molar-refractivity contribution in [3.8, 4) is 17.2 Å². The molecule has 0 unspecified atom stereocenters. The lowest BCUT2D eigenvalue weighted by Crippen LogP contribution is -2.02. The Bertz CT molecular complexity index is 1570. The summed E-state index contributed by atoms with van der Waals surface area (Å²) in [7, 11) is -6.51. The van der Waals surface area contributed by atoms with Gasteiger partial charge in [-0.2, -0.15) is 8.42 Å². The molecule has 0 saturated heterocycles. The van der Waals surface area contributed by atoms with Gasteiger partial charge in [-0.3, -0.25) is 4.55 Å². The zero-order valence-electron chi connectivity index (χ0n) is 17.4. The minimum Gasteiger partial charge on any atom is -0.497 e. The third kappa shape index (κ3) is 5.15. The van der Waals surface area contributed by atoms with Crippen LogP contribution in [0, 0.1) is 0 Å². The zero-order valence-corrected chi connectivity index (χ0v) is 22.3. The van der Waals surface area contributed by atoms with Gasteiger partial charge in [0.1, 0.15) is 17.3 Å². The summed E-state index contributed by atoms with van der Waals surface area (Å²) < 4.78 is 69.9. The van der Waals surface area contributed by atoms with Crippen LogP contribution < -0.4 is 9.47 Å². The molecule has 0 aliphatic heterocycles. The lowest BCUT2D eigenvalue weighted by molar-refractivity contribution is 0.414. The molecular formula is C22H17Br2NO7S2. The lowest BCUT2D eigenvalue weighted by atomic mass is 10.2. The normalized spacial score (nSPS) is 12.1. The van der Waals surface area contributed by atoms with Crippen molar-refractivity contribution < 1.29 is 30.9 Å². The molecule has 4 rings (SSSR count). The molecule has 0 aliphatic carbocycles. The number of halogens is 2. The van der Waals surface area contributed by atoms with Crippen molar-refractivity contribution in [2.45, 2.75) is 15.5 Å². The Balaban J connectivity index is 1.71. The number of nitrogens with one attached hydrogen (secondary N) is 1. The molecule has 1 aromatic heterocycles. The van der Waals surface area contributed by atoms with Gasteiger partial charge in [0.15, 0.2) is 5.75 Å². The predicted molar refractivity (Wildman–Crippen MR) is 134 cm³/mol. The van der Waals surface area contributed by atoms with Crippen molar-refractivity contribution in [2.75, 3.05) is 7.11 Å². The van der Waals surface area contributed by atoms with E-state index in [1.165, 1.54) is 37.6 Å². The minimum atomic E-state index is -4.20. The molecule has 2 N–H and O–H groups in total. The second-order valence-corrected chi connectivity index (χ2v) is 12.3. The van der Waals surface area contributed by atoms with Crippen molar-refractivity contribution in [1.82, 2.24) is 4.98 Å². The maximum absolute atomic E-state index is 13.3. The molecular weight excluding hydrogens is 614 g/mol. The number of sulfone groups is 1. The van der Waals surface area contributed by atoms with E-state index in [1.54, 1.807) is 30.3 Å². The maximum atomic E-state index is 13.3. The summed E-state index contributed by atoms with van der Waals surface area (Å²) in [5, 5.41) is 0.448. The predicted octanol–water partition coefficient (Wildman–Crippen LogP) is 5.71. The first-order chi connectivity index (χ1) is 16.0. The number of ether oxygens (including phenoxy) is 2. The van der Waals surface area contributed by atoms with Crippen molar-refractivity contribution in [1.29, 1.82) is 0 Å². The second-order valence-electron chi connectivity index (χ2n) is 7.26. The van der Waals surface area contributed by atoms with Crippen LogP contribution in [-0.4, -0.2) is 33.5 Å². The van der Waals surface area contributed by atoms with Gasteiger partial charge in [0.05, 0.1) is 25.8 Å². The van der Waals surface area contributed by atoms with Gasteiger partial charge in [-0.05, 0) is 92.0 Å². The fourth-order valence-corrected chi connectivity index (χ4v) is 6.82. The van der Waals surface area contributed by atoms with Gasteiger partial charge in [0.2, 0.25) is 9.84 Å². The second kappa shape index (κ2) is 9.34. The van der Waals surface area contributed by atoms with E-state index in [9.17, 15) is 16.8 Å². The van der Waals surface area contributed by atoms with E-state index in [-0.39, 0.29) is 9.79 Å². The number of rotatable bonds is 7. The molecule has 178 valence electrons. The third-order valence-corrected chi connectivity index (χ3v) is 8.59. The number of aromatic nitrogens is 1. The van der Waals surface area contributed by atoms with Gasteiger partial charge in [0.25, 0.3) is 10.1 Å². The largest absolute Gasteiger partial charge is 0.497 e. The fraction of sp³-hybridized carbons (Fsp3) is 0.0909. The van der Waals surface area contributed by atoms with Crippen LogP contribution in [-0.2, 0) is 25.7 Å². The van der Waals surface area contributed by atoms with Gasteiger partial charge in [-0.25, -0.2) is 8.42 Å². The van der Waals surface area contributed by atoms with Crippen LogP contribution in [0.2, 0.25) is 0 Å². The quantitative estimate of drug-likeness (QED) is 0.251. The summed E-state index contributed by atoms with van der Waals surface area (Å²) in [6.45, 7) is 0. The Morgan fingerprint density at radius 2 is 1.53 bits per heavy atom. The Morgan fingerprint density at radius 1 is 0.912 bits per heavy atom. The monoisotopic (exact) mass is 629 g/mol. The van der Waals surface area contributed by atoms with E-state index in [2.05, 4.69) is 36.8 Å². The molecule has 34 heavy (non-hydrogen) atoms. The highest BCUT2D eigenvalue weighted by atomic mass is 79.9. The Hall–Kier alpha value is -2.38. The van der Waals surface area contributed by atoms with Crippen molar-refractivity contribution >= 4 is 62.7 Å². The summed E-state index contributed by atoms with van der Waals surface area (Å²) in [5.74, 6) is 0.717. The van der Waals surface area contributed by atoms with Crippen LogP contribution in [0.3, 0.4) is 0 Å². The van der Waals surface area contributed by atoms with Crippen LogP contribution in [0.5, 0.6) is 17.2 Å². The standard InChI is InChI=1S/C22H17Br2NO7S2/c1-31-14-2-5-16(6-3-14)34(29,30)21-11-25-20-7-4-15(10-17(20)21)32-22-18(23)8-13(9-19(22)24)12-33(26,27)28/h2-11,25H,12H2,1H3,(H,26,27,28). The highest BCUT2D eigenvalue weighted by Gasteiger charge is 2.22. The topological polar surface area (TPSA) is 123 Å². The van der Waals surface area contributed by atoms with Crippen LogP contribution in [0.1, 0.15) is 5.56 Å². The van der Waals surface area contributed by atoms with E-state index in [4.69, 9.17) is 14.0 Å². The molecule has 0 radical (unpaired) electrons. The minimum absolute atomic E-state index is 0.0970. The highest BCUT2D eigenvalue weighted by molar-refractivity contribution is 9.11. The summed E-state index contributed by atoms with van der Waals surface area (Å²) in [6, 6.07) is 14.1. The van der Waals surface area contributed by atoms with E-state index >= 15 is 0 Å². The van der Waals surface area contributed by atoms with Crippen LogP contribution in [0.4, 0.5) is 0 Å². The van der Waals surface area contributed by atoms with Crippen LogP contribution >= 0.6 is 31.9 Å². The summed E-state index contributed by atoms with van der Waals surface area (Å²) in [6.07, 6.45) is 1.43. The number of hydrogen-bond donors (Lipinski definition) is 2. The first kappa shape index (κ1) is 24.7. The molecule has 0 fully saturated rings. The third-order valence-electron chi connectivity index (χ3n) is 4.90.